The number of hydrogen-bond acceptors (Lipinski definition) is 3. The van der Waals surface area contributed by atoms with E-state index in [1.807, 2.05) is 19.9 Å². The van der Waals surface area contributed by atoms with E-state index in [1.54, 1.807) is 16.4 Å². The van der Waals surface area contributed by atoms with Gasteiger partial charge in [-0.15, -0.1) is 0 Å². The van der Waals surface area contributed by atoms with Crippen molar-refractivity contribution in [3.8, 4) is 0 Å². The first-order chi connectivity index (χ1) is 9.91. The van der Waals surface area contributed by atoms with Gasteiger partial charge in [0.25, 0.3) is 0 Å². The van der Waals surface area contributed by atoms with Crippen molar-refractivity contribution in [1.82, 2.24) is 4.31 Å². The highest BCUT2D eigenvalue weighted by Crippen LogP contribution is 2.30. The van der Waals surface area contributed by atoms with E-state index in [0.717, 1.165) is 18.4 Å². The van der Waals surface area contributed by atoms with E-state index in [1.165, 1.54) is 0 Å². The zero-order chi connectivity index (χ0) is 15.6. The second-order valence-electron chi connectivity index (χ2n) is 5.93. The summed E-state index contributed by atoms with van der Waals surface area (Å²) in [5.74, 6) is 0.375. The molecule has 0 amide bonds. The van der Waals surface area contributed by atoms with Gasteiger partial charge < -0.3 is 5.11 Å². The van der Waals surface area contributed by atoms with Crippen LogP contribution in [0.15, 0.2) is 23.1 Å². The molecule has 2 atom stereocenters. The molecule has 21 heavy (non-hydrogen) atoms. The first-order valence-corrected chi connectivity index (χ1v) is 9.10. The van der Waals surface area contributed by atoms with Crippen LogP contribution in [0.2, 0.25) is 0 Å². The van der Waals surface area contributed by atoms with Crippen LogP contribution in [-0.4, -0.2) is 30.4 Å². The number of benzene rings is 1. The van der Waals surface area contributed by atoms with E-state index in [4.69, 9.17) is 0 Å². The van der Waals surface area contributed by atoms with Crippen molar-refractivity contribution in [2.24, 2.45) is 5.92 Å². The molecule has 1 saturated heterocycles. The van der Waals surface area contributed by atoms with E-state index < -0.39 is 10.0 Å². The Balaban J connectivity index is 2.47. The lowest BCUT2D eigenvalue weighted by molar-refractivity contribution is 0.202. The lowest BCUT2D eigenvalue weighted by atomic mass is 9.94. The first-order valence-electron chi connectivity index (χ1n) is 7.66. The predicted octanol–water partition coefficient (Wildman–Crippen LogP) is 2.55. The van der Waals surface area contributed by atoms with E-state index in [0.29, 0.717) is 29.3 Å². The summed E-state index contributed by atoms with van der Waals surface area (Å²) in [5, 5.41) is 9.29. The Morgan fingerprint density at radius 2 is 2.05 bits per heavy atom. The highest BCUT2D eigenvalue weighted by atomic mass is 32.2. The Morgan fingerprint density at radius 3 is 2.67 bits per heavy atom. The molecule has 5 heteroatoms. The monoisotopic (exact) mass is 311 g/mol. The highest BCUT2D eigenvalue weighted by molar-refractivity contribution is 7.89. The van der Waals surface area contributed by atoms with Crippen molar-refractivity contribution >= 4 is 10.0 Å². The SMILES string of the molecule is CCc1ccc(CO)cc1S(=O)(=O)N1CCCC(C)C1C. The third kappa shape index (κ3) is 3.15. The van der Waals surface area contributed by atoms with Crippen LogP contribution in [0.1, 0.15) is 44.7 Å². The van der Waals surface area contributed by atoms with Crippen LogP contribution in [0.25, 0.3) is 0 Å². The minimum atomic E-state index is -3.50. The summed E-state index contributed by atoms with van der Waals surface area (Å²) in [6.45, 7) is 6.49. The van der Waals surface area contributed by atoms with Gasteiger partial charge in [-0.1, -0.05) is 26.0 Å². The van der Waals surface area contributed by atoms with Gasteiger partial charge in [-0.3, -0.25) is 0 Å². The molecular weight excluding hydrogens is 286 g/mol. The van der Waals surface area contributed by atoms with Crippen molar-refractivity contribution in [2.45, 2.75) is 57.6 Å². The number of sulfonamides is 1. The fourth-order valence-electron chi connectivity index (χ4n) is 2.99. The second-order valence-corrected chi connectivity index (χ2v) is 7.79. The van der Waals surface area contributed by atoms with Gasteiger partial charge in [-0.25, -0.2) is 8.42 Å². The number of nitrogens with zero attached hydrogens (tertiary/aromatic N) is 1. The normalized spacial score (nSPS) is 24.2. The largest absolute Gasteiger partial charge is 0.392 e. The van der Waals surface area contributed by atoms with Crippen LogP contribution in [0.3, 0.4) is 0 Å². The topological polar surface area (TPSA) is 57.6 Å². The average Bonchev–Trinajstić information content (AvgIpc) is 2.49. The van der Waals surface area contributed by atoms with Gasteiger partial charge in [0, 0.05) is 12.6 Å². The Labute approximate surface area is 127 Å². The number of hydrogen-bond donors (Lipinski definition) is 1. The minimum absolute atomic E-state index is 0.0197. The molecule has 1 heterocycles. The predicted molar refractivity (Wildman–Crippen MR) is 83.5 cm³/mol. The van der Waals surface area contributed by atoms with Crippen LogP contribution in [0.4, 0.5) is 0 Å². The van der Waals surface area contributed by atoms with E-state index in [9.17, 15) is 13.5 Å². The van der Waals surface area contributed by atoms with E-state index in [2.05, 4.69) is 6.92 Å². The van der Waals surface area contributed by atoms with Gasteiger partial charge in [0.15, 0.2) is 0 Å². The van der Waals surface area contributed by atoms with Crippen LogP contribution in [0, 0.1) is 5.92 Å². The number of piperidine rings is 1. The smallest absolute Gasteiger partial charge is 0.243 e. The molecular formula is C16H25NO3S. The molecule has 1 aromatic rings. The maximum Gasteiger partial charge on any atom is 0.243 e. The van der Waals surface area contributed by atoms with Crippen molar-refractivity contribution in [1.29, 1.82) is 0 Å². The van der Waals surface area contributed by atoms with Crippen molar-refractivity contribution in [3.05, 3.63) is 29.3 Å². The maximum absolute atomic E-state index is 13.0. The highest BCUT2D eigenvalue weighted by Gasteiger charge is 2.35. The minimum Gasteiger partial charge on any atom is -0.392 e. The Hall–Kier alpha value is -0.910. The molecule has 118 valence electrons. The molecule has 1 N–H and O–H groups in total. The first kappa shape index (κ1) is 16.5. The molecule has 0 saturated carbocycles. The van der Waals surface area contributed by atoms with Gasteiger partial charge in [0.2, 0.25) is 10.0 Å². The van der Waals surface area contributed by atoms with E-state index >= 15 is 0 Å². The molecule has 1 aliphatic rings. The summed E-state index contributed by atoms with van der Waals surface area (Å²) < 4.78 is 27.7. The molecule has 0 spiro atoms. The zero-order valence-electron chi connectivity index (χ0n) is 13.0. The maximum atomic E-state index is 13.0. The lowest BCUT2D eigenvalue weighted by Gasteiger charge is -2.37. The zero-order valence-corrected chi connectivity index (χ0v) is 13.9. The molecule has 2 rings (SSSR count). The number of aliphatic hydroxyl groups excluding tert-OH is 1. The molecule has 2 unspecified atom stereocenters. The van der Waals surface area contributed by atoms with Crippen molar-refractivity contribution < 1.29 is 13.5 Å². The summed E-state index contributed by atoms with van der Waals surface area (Å²) in [5.41, 5.74) is 1.46. The lowest BCUT2D eigenvalue weighted by Crippen LogP contribution is -2.46. The van der Waals surface area contributed by atoms with Gasteiger partial charge in [0.05, 0.1) is 11.5 Å². The van der Waals surface area contributed by atoms with Crippen LogP contribution >= 0.6 is 0 Å². The van der Waals surface area contributed by atoms with Gasteiger partial charge >= 0.3 is 0 Å². The summed E-state index contributed by atoms with van der Waals surface area (Å²) in [7, 11) is -3.50. The van der Waals surface area contributed by atoms with Crippen molar-refractivity contribution in [3.63, 3.8) is 0 Å². The number of rotatable bonds is 4. The van der Waals surface area contributed by atoms with Crippen molar-refractivity contribution in [2.75, 3.05) is 6.54 Å². The third-order valence-corrected chi connectivity index (χ3v) is 6.67. The molecule has 0 aromatic heterocycles. The van der Waals surface area contributed by atoms with E-state index in [-0.39, 0.29) is 12.6 Å². The number of aliphatic hydroxyl groups is 1. The summed E-state index contributed by atoms with van der Waals surface area (Å²) in [6, 6.07) is 5.25. The molecule has 1 fully saturated rings. The molecule has 1 aliphatic heterocycles. The van der Waals surface area contributed by atoms with Gasteiger partial charge in [-0.05, 0) is 49.3 Å². The molecule has 4 nitrogen and oxygen atoms in total. The fourth-order valence-corrected chi connectivity index (χ4v) is 5.10. The van der Waals surface area contributed by atoms with Gasteiger partial charge in [-0.2, -0.15) is 4.31 Å². The van der Waals surface area contributed by atoms with Crippen LogP contribution in [-0.2, 0) is 23.1 Å². The molecule has 0 aliphatic carbocycles. The standard InChI is InChI=1S/C16H25NO3S/c1-4-15-8-7-14(11-18)10-16(15)21(19,20)17-9-5-6-12(2)13(17)3/h7-8,10,12-13,18H,4-6,9,11H2,1-3H3. The second kappa shape index (κ2) is 6.46. The molecule has 0 radical (unpaired) electrons. The fraction of sp³-hybridized carbons (Fsp3) is 0.625. The number of aryl methyl sites for hydroxylation is 1. The Bertz CT molecular complexity index is 598. The van der Waals surface area contributed by atoms with Gasteiger partial charge in [0.1, 0.15) is 0 Å². The summed E-state index contributed by atoms with van der Waals surface area (Å²) in [6.07, 6.45) is 2.65. The van der Waals surface area contributed by atoms with Crippen LogP contribution < -0.4 is 0 Å². The Kier molecular flexibility index (Phi) is 5.07. The van der Waals surface area contributed by atoms with Crippen LogP contribution in [0.5, 0.6) is 0 Å². The Morgan fingerprint density at radius 1 is 1.33 bits per heavy atom. The summed E-state index contributed by atoms with van der Waals surface area (Å²) in [4.78, 5) is 0.359. The molecule has 1 aromatic carbocycles. The molecule has 0 bridgehead atoms. The third-order valence-electron chi connectivity index (χ3n) is 4.60. The average molecular weight is 311 g/mol. The summed E-state index contributed by atoms with van der Waals surface area (Å²) >= 11 is 0. The quantitative estimate of drug-likeness (QED) is 0.929.